The van der Waals surface area contributed by atoms with E-state index in [4.69, 9.17) is 19.9 Å². The zero-order valence-electron chi connectivity index (χ0n) is 24.7. The van der Waals surface area contributed by atoms with Crippen molar-refractivity contribution < 1.29 is 46.1 Å². The number of aliphatic carboxylic acids is 1. The molecule has 6 N–H and O–H groups in total. The SMILES string of the molecule is C[n+]1ccc2cc(OC[C@H](O/N=C(\C(=O)CC3CN(OS(=O)(=O)O)C3(C)C)c3csc(N)n3)C(=O)O)ccc2c1NC1CNC1. The fraction of sp³-hybridized carbons (Fsp3) is 0.444. The number of aryl methyl sites for hydroxylation is 1. The van der Waals surface area contributed by atoms with E-state index in [2.05, 4.69) is 25.1 Å². The number of ketones is 1. The van der Waals surface area contributed by atoms with E-state index in [1.807, 2.05) is 29.9 Å². The second kappa shape index (κ2) is 12.8. The van der Waals surface area contributed by atoms with Gasteiger partial charge in [-0.2, -0.15) is 17.8 Å². The van der Waals surface area contributed by atoms with Gasteiger partial charge in [0.2, 0.25) is 0 Å². The molecule has 0 radical (unpaired) electrons. The number of nitrogens with two attached hydrogens (primary N) is 1. The Bertz CT molecular complexity index is 1740. The van der Waals surface area contributed by atoms with Crippen LogP contribution in [0.5, 0.6) is 5.75 Å². The van der Waals surface area contributed by atoms with E-state index in [-0.39, 0.29) is 29.5 Å². The van der Waals surface area contributed by atoms with Gasteiger partial charge in [0.1, 0.15) is 24.1 Å². The molecular formula is C27H34N7O9S2+. The molecule has 0 bridgehead atoms. The highest BCUT2D eigenvalue weighted by molar-refractivity contribution is 7.80. The fourth-order valence-electron chi connectivity index (χ4n) is 4.90. The summed E-state index contributed by atoms with van der Waals surface area (Å²) in [6.07, 6.45) is 0.219. The van der Waals surface area contributed by atoms with Gasteiger partial charge in [0.15, 0.2) is 16.6 Å². The Morgan fingerprint density at radius 3 is 2.69 bits per heavy atom. The number of fused-ring (bicyclic) bond motifs is 1. The maximum Gasteiger partial charge on any atom is 0.413 e. The average Bonchev–Trinajstić information content (AvgIpc) is 3.37. The van der Waals surface area contributed by atoms with Crippen LogP contribution in [0.3, 0.4) is 0 Å². The van der Waals surface area contributed by atoms with Crippen LogP contribution in [0.25, 0.3) is 10.8 Å². The van der Waals surface area contributed by atoms with Gasteiger partial charge in [-0.1, -0.05) is 5.16 Å². The highest BCUT2D eigenvalue weighted by Gasteiger charge is 2.50. The number of Topliss-reactive ketones (excluding diaryl/α,β-unsaturated/α-hetero) is 1. The van der Waals surface area contributed by atoms with E-state index in [9.17, 15) is 23.1 Å². The Hall–Kier alpha value is -3.94. The summed E-state index contributed by atoms with van der Waals surface area (Å²) in [4.78, 5) is 34.8. The van der Waals surface area contributed by atoms with Gasteiger partial charge in [-0.15, -0.1) is 11.3 Å². The van der Waals surface area contributed by atoms with Gasteiger partial charge in [-0.25, -0.2) is 14.3 Å². The predicted octanol–water partition coefficient (Wildman–Crippen LogP) is 0.744. The Kier molecular flexibility index (Phi) is 9.24. The number of anilines is 2. The lowest BCUT2D eigenvalue weighted by Gasteiger charge is -2.52. The van der Waals surface area contributed by atoms with Gasteiger partial charge in [0.25, 0.3) is 11.9 Å². The summed E-state index contributed by atoms with van der Waals surface area (Å²) in [5.41, 5.74) is 4.67. The van der Waals surface area contributed by atoms with Crippen molar-refractivity contribution in [2.45, 2.75) is 38.0 Å². The highest BCUT2D eigenvalue weighted by Crippen LogP contribution is 2.39. The highest BCUT2D eigenvalue weighted by atomic mass is 32.3. The van der Waals surface area contributed by atoms with Crippen LogP contribution in [-0.2, 0) is 36.2 Å². The second-order valence-corrected chi connectivity index (χ2v) is 13.2. The normalized spacial score (nSPS) is 19.4. The zero-order chi connectivity index (χ0) is 32.5. The fourth-order valence-corrected chi connectivity index (χ4v) is 5.93. The van der Waals surface area contributed by atoms with Crippen LogP contribution in [0.2, 0.25) is 0 Å². The molecule has 0 saturated carbocycles. The standard InChI is InChI=1S/C27H33N7O9S2/c1-27(2)16(12-34(27)43-45(38,39)40)9-21(35)23(20-14-44-26(28)31-20)32-42-22(25(36)37)13-41-18-4-5-19-15(8-18)6-7-33(3)24(19)30-17-10-29-11-17/h4-8,14,16-17,22,29H,9-13H2,1-3H3,(H4,28,31,36,37,38,39,40)/p+1/b32-23-/t16?,22-/m0/s1. The first kappa shape index (κ1) is 32.5. The Balaban J connectivity index is 1.28. The second-order valence-electron chi connectivity index (χ2n) is 11.3. The van der Waals surface area contributed by atoms with Gasteiger partial charge >= 0.3 is 16.4 Å². The number of carboxylic acids is 1. The number of nitrogens with zero attached hydrogens (tertiary/aromatic N) is 4. The number of nitrogen functional groups attached to an aromatic ring is 1. The number of hydrogen-bond acceptors (Lipinski definition) is 14. The summed E-state index contributed by atoms with van der Waals surface area (Å²) in [5.74, 6) is -0.938. The molecule has 242 valence electrons. The van der Waals surface area contributed by atoms with Crippen LogP contribution in [0.15, 0.2) is 41.0 Å². The van der Waals surface area contributed by atoms with Crippen LogP contribution in [0.1, 0.15) is 26.0 Å². The molecule has 2 saturated heterocycles. The largest absolute Gasteiger partial charge is 0.489 e. The summed E-state index contributed by atoms with van der Waals surface area (Å²) in [6, 6.07) is 7.68. The van der Waals surface area contributed by atoms with E-state index in [0.29, 0.717) is 11.8 Å². The molecule has 18 heteroatoms. The third-order valence-corrected chi connectivity index (χ3v) is 8.89. The molecule has 1 unspecified atom stereocenters. The van der Waals surface area contributed by atoms with Gasteiger partial charge in [-0.3, -0.25) is 14.7 Å². The van der Waals surface area contributed by atoms with E-state index in [1.165, 1.54) is 5.38 Å². The van der Waals surface area contributed by atoms with Crippen molar-refractivity contribution in [1.29, 1.82) is 0 Å². The summed E-state index contributed by atoms with van der Waals surface area (Å²) in [5, 5.41) is 25.0. The number of nitrogens with one attached hydrogen (secondary N) is 2. The molecular weight excluding hydrogens is 630 g/mol. The number of ether oxygens (including phenoxy) is 1. The molecule has 2 atom stereocenters. The number of hydrogen-bond donors (Lipinski definition) is 5. The molecule has 1 aromatic carbocycles. The van der Waals surface area contributed by atoms with Crippen LogP contribution in [-0.4, -0.2) is 89.5 Å². The Morgan fingerprint density at radius 1 is 1.33 bits per heavy atom. The molecule has 2 aliphatic rings. The summed E-state index contributed by atoms with van der Waals surface area (Å²) in [7, 11) is -2.78. The topological polar surface area (TPSA) is 219 Å². The van der Waals surface area contributed by atoms with E-state index < -0.39 is 46.3 Å². The number of thiazole rings is 1. The smallest absolute Gasteiger partial charge is 0.413 e. The number of hydroxylamine groups is 2. The minimum atomic E-state index is -4.73. The molecule has 2 aliphatic heterocycles. The average molecular weight is 665 g/mol. The lowest BCUT2D eigenvalue weighted by molar-refractivity contribution is -0.656. The summed E-state index contributed by atoms with van der Waals surface area (Å²) in [6.45, 7) is 4.65. The summed E-state index contributed by atoms with van der Waals surface area (Å²) >= 11 is 1.06. The molecule has 2 fully saturated rings. The number of oxime groups is 1. The van der Waals surface area contributed by atoms with Crippen molar-refractivity contribution >= 4 is 60.9 Å². The van der Waals surface area contributed by atoms with Crippen molar-refractivity contribution in [3.63, 3.8) is 0 Å². The molecule has 5 rings (SSSR count). The zero-order valence-corrected chi connectivity index (χ0v) is 26.3. The minimum absolute atomic E-state index is 0.0246. The maximum absolute atomic E-state index is 13.4. The maximum atomic E-state index is 13.4. The van der Waals surface area contributed by atoms with Gasteiger partial charge < -0.3 is 25.7 Å². The number of carbonyl (C=O) groups is 2. The lowest BCUT2D eigenvalue weighted by Crippen LogP contribution is -2.64. The Labute approximate surface area is 262 Å². The summed E-state index contributed by atoms with van der Waals surface area (Å²) < 4.78 is 43.6. The van der Waals surface area contributed by atoms with Crippen molar-refractivity contribution in [2.24, 2.45) is 18.1 Å². The van der Waals surface area contributed by atoms with Gasteiger partial charge in [0.05, 0.1) is 18.6 Å². The molecule has 0 aliphatic carbocycles. The molecule has 2 aromatic heterocycles. The Morgan fingerprint density at radius 2 is 2.09 bits per heavy atom. The first-order valence-corrected chi connectivity index (χ1v) is 16.1. The number of aromatic nitrogens is 2. The lowest BCUT2D eigenvalue weighted by atomic mass is 9.75. The van der Waals surface area contributed by atoms with Crippen molar-refractivity contribution in [1.82, 2.24) is 15.4 Å². The minimum Gasteiger partial charge on any atom is -0.489 e. The van der Waals surface area contributed by atoms with Crippen LogP contribution in [0.4, 0.5) is 10.9 Å². The molecule has 16 nitrogen and oxygen atoms in total. The number of pyridine rings is 1. The van der Waals surface area contributed by atoms with E-state index in [0.717, 1.165) is 46.1 Å². The predicted molar refractivity (Wildman–Crippen MR) is 163 cm³/mol. The van der Waals surface area contributed by atoms with Gasteiger partial charge in [0, 0.05) is 42.9 Å². The molecule has 4 heterocycles. The quantitative estimate of drug-likeness (QED) is 0.0695. The first-order chi connectivity index (χ1) is 21.2. The third-order valence-electron chi connectivity index (χ3n) is 7.85. The van der Waals surface area contributed by atoms with Crippen LogP contribution >= 0.6 is 11.3 Å². The third kappa shape index (κ3) is 7.48. The van der Waals surface area contributed by atoms with Crippen LogP contribution in [0, 0.1) is 5.92 Å². The van der Waals surface area contributed by atoms with Crippen molar-refractivity contribution in [2.75, 3.05) is 37.3 Å². The van der Waals surface area contributed by atoms with Crippen molar-refractivity contribution in [3.8, 4) is 5.75 Å². The molecule has 3 aromatic rings. The van der Waals surface area contributed by atoms with Gasteiger partial charge in [-0.05, 0) is 43.5 Å². The molecule has 0 amide bonds. The first-order valence-electron chi connectivity index (χ1n) is 13.9. The van der Waals surface area contributed by atoms with Crippen molar-refractivity contribution in [3.05, 3.63) is 41.5 Å². The molecule has 0 spiro atoms. The number of carboxylic acid groups (broad SMARTS) is 1. The number of benzene rings is 1. The number of carbonyl (C=O) groups excluding carboxylic acids is 1. The van der Waals surface area contributed by atoms with E-state index >= 15 is 0 Å². The monoisotopic (exact) mass is 664 g/mol. The molecule has 45 heavy (non-hydrogen) atoms. The van der Waals surface area contributed by atoms with E-state index in [1.54, 1.807) is 26.0 Å². The van der Waals surface area contributed by atoms with Crippen LogP contribution < -0.4 is 25.7 Å². The number of rotatable bonds is 14.